The fraction of sp³-hybridized carbons (Fsp3) is 0.933. The highest BCUT2D eigenvalue weighted by molar-refractivity contribution is 5.69. The summed E-state index contributed by atoms with van der Waals surface area (Å²) >= 11 is 0. The van der Waals surface area contributed by atoms with E-state index in [-0.39, 0.29) is 12.1 Å². The molecule has 3 atom stereocenters. The van der Waals surface area contributed by atoms with Crippen molar-refractivity contribution >= 4 is 6.09 Å². The van der Waals surface area contributed by atoms with Crippen molar-refractivity contribution in [3.8, 4) is 0 Å². The van der Waals surface area contributed by atoms with Gasteiger partial charge in [-0.1, -0.05) is 0 Å². The van der Waals surface area contributed by atoms with Gasteiger partial charge in [0.25, 0.3) is 0 Å². The van der Waals surface area contributed by atoms with E-state index in [4.69, 9.17) is 10.5 Å². The van der Waals surface area contributed by atoms with E-state index in [2.05, 4.69) is 5.32 Å². The zero-order chi connectivity index (χ0) is 15.5. The monoisotopic (exact) mass is 297 g/mol. The van der Waals surface area contributed by atoms with Gasteiger partial charge in [0.1, 0.15) is 11.2 Å². The number of ether oxygens (including phenoxy) is 1. The molecule has 4 N–H and O–H groups in total. The molecule has 6 nitrogen and oxygen atoms in total. The second-order valence-electron chi connectivity index (χ2n) is 7.97. The van der Waals surface area contributed by atoms with Gasteiger partial charge < -0.3 is 25.8 Å². The van der Waals surface area contributed by atoms with Gasteiger partial charge >= 0.3 is 6.09 Å². The van der Waals surface area contributed by atoms with Crippen LogP contribution in [0.15, 0.2) is 0 Å². The van der Waals surface area contributed by atoms with Crippen molar-refractivity contribution in [1.29, 1.82) is 0 Å². The van der Waals surface area contributed by atoms with E-state index < -0.39 is 16.7 Å². The fourth-order valence-electron chi connectivity index (χ4n) is 4.08. The smallest absolute Gasteiger partial charge is 0.410 e. The van der Waals surface area contributed by atoms with Crippen LogP contribution < -0.4 is 11.1 Å². The van der Waals surface area contributed by atoms with Crippen LogP contribution in [0.4, 0.5) is 4.79 Å². The first-order valence-electron chi connectivity index (χ1n) is 7.86. The Morgan fingerprint density at radius 1 is 1.38 bits per heavy atom. The highest BCUT2D eigenvalue weighted by Gasteiger charge is 2.62. The Kier molecular flexibility index (Phi) is 3.28. The summed E-state index contributed by atoms with van der Waals surface area (Å²) < 4.78 is 5.52. The number of nitrogens with two attached hydrogens (primary N) is 1. The minimum atomic E-state index is -0.906. The van der Waals surface area contributed by atoms with E-state index in [0.29, 0.717) is 25.6 Å². The molecule has 120 valence electrons. The summed E-state index contributed by atoms with van der Waals surface area (Å²) in [5.41, 5.74) is 4.49. The quantitative estimate of drug-likeness (QED) is 0.653. The maximum Gasteiger partial charge on any atom is 0.410 e. The Morgan fingerprint density at radius 3 is 2.52 bits per heavy atom. The van der Waals surface area contributed by atoms with E-state index in [9.17, 15) is 9.90 Å². The predicted molar refractivity (Wildman–Crippen MR) is 78.8 cm³/mol. The Balaban J connectivity index is 1.83. The summed E-state index contributed by atoms with van der Waals surface area (Å²) in [6.45, 7) is 7.32. The standard InChI is InChI=1S/C15H27N3O3/c1-13(2,3)21-12(19)18-7-10-4-5-11(18)15(16,6-10)14(20)8-17-9-14/h10-11,17,20H,4-9,16H2,1-3H3. The van der Waals surface area contributed by atoms with Gasteiger partial charge in [0, 0.05) is 19.6 Å². The second-order valence-corrected chi connectivity index (χ2v) is 7.97. The summed E-state index contributed by atoms with van der Waals surface area (Å²) in [4.78, 5) is 14.2. The maximum absolute atomic E-state index is 12.5. The molecule has 4 aliphatic rings. The number of carbonyl (C=O) groups is 1. The number of rotatable bonds is 1. The van der Waals surface area contributed by atoms with E-state index >= 15 is 0 Å². The molecule has 1 amide bonds. The number of fused-ring (bicyclic) bond motifs is 3. The molecule has 0 radical (unpaired) electrons. The summed E-state index contributed by atoms with van der Waals surface area (Å²) in [6.07, 6.45) is 2.41. The van der Waals surface area contributed by atoms with Crippen LogP contribution in [0.25, 0.3) is 0 Å². The van der Waals surface area contributed by atoms with E-state index in [0.717, 1.165) is 19.3 Å². The van der Waals surface area contributed by atoms with Crippen LogP contribution in [0.2, 0.25) is 0 Å². The van der Waals surface area contributed by atoms with Crippen LogP contribution in [-0.2, 0) is 4.74 Å². The molecule has 0 spiro atoms. The minimum Gasteiger partial charge on any atom is -0.444 e. The molecule has 3 saturated heterocycles. The number of hydrogen-bond donors (Lipinski definition) is 3. The fourth-order valence-corrected chi connectivity index (χ4v) is 4.08. The van der Waals surface area contributed by atoms with Gasteiger partial charge in [-0.3, -0.25) is 0 Å². The van der Waals surface area contributed by atoms with E-state index in [1.165, 1.54) is 0 Å². The molecule has 0 aromatic heterocycles. The number of carbonyl (C=O) groups excluding carboxylic acids is 1. The first-order valence-corrected chi connectivity index (χ1v) is 7.86. The normalized spacial score (nSPS) is 38.0. The highest BCUT2D eigenvalue weighted by Crippen LogP contribution is 2.46. The lowest BCUT2D eigenvalue weighted by Gasteiger charge is -2.62. The number of nitrogens with one attached hydrogen (secondary N) is 1. The maximum atomic E-state index is 12.5. The zero-order valence-electron chi connectivity index (χ0n) is 13.2. The molecule has 1 saturated carbocycles. The SMILES string of the molecule is CC(C)(C)OC(=O)N1CC2CCC1C(N)(C1(O)CNC1)C2. The van der Waals surface area contributed by atoms with Crippen LogP contribution in [0, 0.1) is 5.92 Å². The van der Waals surface area contributed by atoms with Crippen LogP contribution in [0.1, 0.15) is 40.0 Å². The van der Waals surface area contributed by atoms with Crippen LogP contribution in [0.3, 0.4) is 0 Å². The zero-order valence-corrected chi connectivity index (χ0v) is 13.2. The van der Waals surface area contributed by atoms with Crippen molar-refractivity contribution in [1.82, 2.24) is 10.2 Å². The molecule has 3 unspecified atom stereocenters. The Hall–Kier alpha value is -0.850. The second kappa shape index (κ2) is 4.57. The average molecular weight is 297 g/mol. The van der Waals surface area contributed by atoms with Gasteiger partial charge in [-0.15, -0.1) is 0 Å². The molecule has 21 heavy (non-hydrogen) atoms. The van der Waals surface area contributed by atoms with Crippen molar-refractivity contribution in [3.05, 3.63) is 0 Å². The van der Waals surface area contributed by atoms with Gasteiger partial charge in [0.2, 0.25) is 0 Å². The van der Waals surface area contributed by atoms with Crippen LogP contribution in [0.5, 0.6) is 0 Å². The Bertz CT molecular complexity index is 444. The van der Waals surface area contributed by atoms with Crippen molar-refractivity contribution < 1.29 is 14.6 Å². The van der Waals surface area contributed by atoms with Gasteiger partial charge in [-0.2, -0.15) is 0 Å². The number of piperidine rings is 2. The average Bonchev–Trinajstić information content (AvgIpc) is 2.34. The molecular weight excluding hydrogens is 270 g/mol. The Labute approximate surface area is 126 Å². The van der Waals surface area contributed by atoms with Gasteiger partial charge in [-0.05, 0) is 46.0 Å². The van der Waals surface area contributed by atoms with Gasteiger partial charge in [0.15, 0.2) is 0 Å². The predicted octanol–water partition coefficient (Wildman–Crippen LogP) is 0.438. The minimum absolute atomic E-state index is 0.135. The molecule has 3 aliphatic heterocycles. The van der Waals surface area contributed by atoms with Crippen molar-refractivity contribution in [3.63, 3.8) is 0 Å². The third-order valence-corrected chi connectivity index (χ3v) is 5.23. The Morgan fingerprint density at radius 2 is 2.05 bits per heavy atom. The summed E-state index contributed by atoms with van der Waals surface area (Å²) in [5, 5.41) is 13.9. The molecule has 0 aromatic carbocycles. The van der Waals surface area contributed by atoms with E-state index in [1.807, 2.05) is 20.8 Å². The third kappa shape index (κ3) is 2.33. The van der Waals surface area contributed by atoms with Crippen molar-refractivity contribution in [2.45, 2.75) is 62.8 Å². The number of amides is 1. The highest BCUT2D eigenvalue weighted by atomic mass is 16.6. The molecule has 2 bridgehead atoms. The van der Waals surface area contributed by atoms with E-state index in [1.54, 1.807) is 4.90 Å². The largest absolute Gasteiger partial charge is 0.444 e. The first-order chi connectivity index (χ1) is 9.65. The van der Waals surface area contributed by atoms with Crippen molar-refractivity contribution in [2.75, 3.05) is 19.6 Å². The molecular formula is C15H27N3O3. The molecule has 6 heteroatoms. The summed E-state index contributed by atoms with van der Waals surface area (Å²) in [5.74, 6) is 0.358. The number of hydrogen-bond acceptors (Lipinski definition) is 5. The summed E-state index contributed by atoms with van der Waals surface area (Å²) in [7, 11) is 0. The lowest BCUT2D eigenvalue weighted by Crippen LogP contribution is -2.84. The molecule has 3 heterocycles. The molecule has 1 aliphatic carbocycles. The van der Waals surface area contributed by atoms with Gasteiger partial charge in [-0.25, -0.2) is 4.79 Å². The number of β-amino-alcohol motifs (C(OH)–C–C–N with tert-alkyl or cyclic N) is 1. The third-order valence-electron chi connectivity index (χ3n) is 5.23. The first kappa shape index (κ1) is 15.1. The van der Waals surface area contributed by atoms with Gasteiger partial charge in [0.05, 0.1) is 11.6 Å². The van der Waals surface area contributed by atoms with Crippen LogP contribution >= 0.6 is 0 Å². The lowest BCUT2D eigenvalue weighted by molar-refractivity contribution is -0.147. The summed E-state index contributed by atoms with van der Waals surface area (Å²) in [6, 6.07) is -0.135. The number of nitrogens with zero attached hydrogens (tertiary/aromatic N) is 1. The molecule has 4 fully saturated rings. The lowest BCUT2D eigenvalue weighted by atomic mass is 9.59. The van der Waals surface area contributed by atoms with Crippen molar-refractivity contribution in [2.24, 2.45) is 11.7 Å². The molecule has 4 rings (SSSR count). The molecule has 0 aromatic rings. The van der Waals surface area contributed by atoms with Crippen LogP contribution in [-0.4, -0.2) is 58.5 Å². The number of aliphatic hydroxyl groups is 1. The topological polar surface area (TPSA) is 87.8 Å².